The van der Waals surface area contributed by atoms with Crippen molar-refractivity contribution in [2.45, 2.75) is 36.7 Å². The van der Waals surface area contributed by atoms with Crippen molar-refractivity contribution in [3.63, 3.8) is 0 Å². The third-order valence-electron chi connectivity index (χ3n) is 6.65. The van der Waals surface area contributed by atoms with Gasteiger partial charge in [-0.3, -0.25) is 9.69 Å². The van der Waals surface area contributed by atoms with E-state index in [4.69, 9.17) is 9.47 Å². The molecule has 5 rings (SSSR count). The Kier molecular flexibility index (Phi) is 6.55. The van der Waals surface area contributed by atoms with E-state index >= 15 is 0 Å². The number of carbonyl (C=O) groups excluding carboxylic acids is 2. The van der Waals surface area contributed by atoms with Gasteiger partial charge in [0.25, 0.3) is 5.69 Å². The van der Waals surface area contributed by atoms with Gasteiger partial charge in [-0.25, -0.2) is 4.79 Å². The third-order valence-corrected chi connectivity index (χ3v) is 7.83. The van der Waals surface area contributed by atoms with Crippen LogP contribution < -0.4 is 14.4 Å². The van der Waals surface area contributed by atoms with Crippen molar-refractivity contribution in [3.05, 3.63) is 53.9 Å². The highest BCUT2D eigenvalue weighted by atomic mass is 32.2. The Bertz CT molecular complexity index is 1040. The highest BCUT2D eigenvalue weighted by Crippen LogP contribution is 2.40. The maximum atomic E-state index is 12.9. The zero-order valence-electron chi connectivity index (χ0n) is 18.9. The summed E-state index contributed by atoms with van der Waals surface area (Å²) >= 11 is 1.79. The molecular formula is C25H30N3O4S+. The lowest BCUT2D eigenvalue weighted by atomic mass is 9.95. The predicted octanol–water partition coefficient (Wildman–Crippen LogP) is 1.94. The van der Waals surface area contributed by atoms with E-state index in [1.54, 1.807) is 18.7 Å². The molecule has 0 radical (unpaired) electrons. The van der Waals surface area contributed by atoms with Gasteiger partial charge in [-0.15, -0.1) is 11.8 Å². The van der Waals surface area contributed by atoms with Crippen molar-refractivity contribution in [1.29, 1.82) is 0 Å². The molecule has 2 atom stereocenters. The lowest BCUT2D eigenvalue weighted by molar-refractivity contribution is -0.701. The summed E-state index contributed by atoms with van der Waals surface area (Å²) in [7, 11) is 0. The minimum atomic E-state index is -0.570. The van der Waals surface area contributed by atoms with Crippen molar-refractivity contribution in [2.75, 3.05) is 50.1 Å². The Balaban J connectivity index is 1.14. The van der Waals surface area contributed by atoms with E-state index in [1.807, 2.05) is 30.5 Å². The lowest BCUT2D eigenvalue weighted by Gasteiger charge is -2.32. The fourth-order valence-electron chi connectivity index (χ4n) is 4.86. The molecule has 4 heterocycles. The summed E-state index contributed by atoms with van der Waals surface area (Å²) in [5, 5.41) is 2.29. The molecule has 0 spiro atoms. The summed E-state index contributed by atoms with van der Waals surface area (Å²) in [6.45, 7) is 6.50. The maximum absolute atomic E-state index is 12.9. The molecule has 0 amide bonds. The van der Waals surface area contributed by atoms with E-state index in [0.29, 0.717) is 25.2 Å². The molecule has 174 valence electrons. The first-order valence-electron chi connectivity index (χ1n) is 11.7. The highest BCUT2D eigenvalue weighted by molar-refractivity contribution is 7.99. The Morgan fingerprint density at radius 1 is 1.15 bits per heavy atom. The Morgan fingerprint density at radius 2 is 1.97 bits per heavy atom. The van der Waals surface area contributed by atoms with E-state index in [2.05, 4.69) is 26.7 Å². The number of aromatic nitrogens is 1. The van der Waals surface area contributed by atoms with Gasteiger partial charge in [0.05, 0.1) is 32.0 Å². The van der Waals surface area contributed by atoms with Crippen LogP contribution in [-0.2, 0) is 20.7 Å². The van der Waals surface area contributed by atoms with Crippen molar-refractivity contribution < 1.29 is 23.7 Å². The number of ether oxygens (including phenoxy) is 2. The number of Topliss-reactive ketones (excluding diaryl/α,β-unsaturated/α-hetero) is 1. The number of hydrogen-bond donors (Lipinski definition) is 0. The summed E-state index contributed by atoms with van der Waals surface area (Å²) in [4.78, 5) is 28.7. The number of esters is 1. The number of hydrogen-bond acceptors (Lipinski definition) is 7. The molecule has 0 saturated carbocycles. The van der Waals surface area contributed by atoms with Crippen LogP contribution in [0.1, 0.15) is 30.5 Å². The lowest BCUT2D eigenvalue weighted by Crippen LogP contribution is -2.66. The predicted molar refractivity (Wildman–Crippen MR) is 125 cm³/mol. The fourth-order valence-corrected chi connectivity index (χ4v) is 6.13. The Morgan fingerprint density at radius 3 is 2.79 bits per heavy atom. The minimum Gasteiger partial charge on any atom is -0.471 e. The molecule has 2 aromatic rings. The smallest absolute Gasteiger partial charge is 0.347 e. The van der Waals surface area contributed by atoms with Crippen LogP contribution in [0.2, 0.25) is 0 Å². The van der Waals surface area contributed by atoms with Crippen LogP contribution in [0.5, 0.6) is 5.75 Å². The van der Waals surface area contributed by atoms with Crippen molar-refractivity contribution in [3.8, 4) is 5.75 Å². The van der Waals surface area contributed by atoms with Crippen molar-refractivity contribution >= 4 is 23.5 Å². The zero-order valence-corrected chi connectivity index (χ0v) is 19.8. The van der Waals surface area contributed by atoms with Crippen LogP contribution in [0, 0.1) is 0 Å². The second-order valence-electron chi connectivity index (χ2n) is 8.64. The second kappa shape index (κ2) is 9.73. The number of rotatable bonds is 7. The van der Waals surface area contributed by atoms with E-state index in [-0.39, 0.29) is 11.9 Å². The zero-order chi connectivity index (χ0) is 22.8. The van der Waals surface area contributed by atoms with E-state index in [1.165, 1.54) is 10.5 Å². The first-order valence-corrected chi connectivity index (χ1v) is 12.7. The maximum Gasteiger partial charge on any atom is 0.347 e. The summed E-state index contributed by atoms with van der Waals surface area (Å²) in [5.41, 5.74) is 2.21. The third kappa shape index (κ3) is 4.59. The topological polar surface area (TPSA) is 63.0 Å². The van der Waals surface area contributed by atoms with Crippen LogP contribution in [0.3, 0.4) is 0 Å². The molecule has 2 unspecified atom stereocenters. The number of pyridine rings is 1. The minimum absolute atomic E-state index is 0.0438. The standard InChI is InChI=1S/C25H30N3O4S/c1-2-31-25(30)23-16-20-22(32-23)7-5-10-28(20)27-14-12-26(13-15-27)11-9-21(29)19-17-33-24-8-4-3-6-18(19)24/h3-8,10,19,23H,2,9,11-17H2,1H3/q+1. The van der Waals surface area contributed by atoms with Gasteiger partial charge >= 0.3 is 5.97 Å². The summed E-state index contributed by atoms with van der Waals surface area (Å²) < 4.78 is 13.1. The van der Waals surface area contributed by atoms with Crippen molar-refractivity contribution in [2.24, 2.45) is 0 Å². The molecule has 3 aliphatic rings. The van der Waals surface area contributed by atoms with E-state index in [9.17, 15) is 9.59 Å². The molecule has 1 aromatic carbocycles. The van der Waals surface area contributed by atoms with Gasteiger partial charge in [0.15, 0.2) is 11.9 Å². The normalized spacial score (nSPS) is 21.9. The molecular weight excluding hydrogens is 438 g/mol. The first-order chi connectivity index (χ1) is 16.1. The summed E-state index contributed by atoms with van der Waals surface area (Å²) in [6.07, 6.45) is 2.58. The number of nitrogens with zero attached hydrogens (tertiary/aromatic N) is 3. The van der Waals surface area contributed by atoms with E-state index < -0.39 is 6.10 Å². The summed E-state index contributed by atoms with van der Waals surface area (Å²) in [5.74, 6) is 1.71. The molecule has 1 aromatic heterocycles. The van der Waals surface area contributed by atoms with Gasteiger partial charge in [0, 0.05) is 42.8 Å². The van der Waals surface area contributed by atoms with Crippen LogP contribution in [-0.4, -0.2) is 67.8 Å². The van der Waals surface area contributed by atoms with Gasteiger partial charge in [-0.2, -0.15) is 5.01 Å². The van der Waals surface area contributed by atoms with Crippen LogP contribution >= 0.6 is 11.8 Å². The molecule has 0 bridgehead atoms. The first kappa shape index (κ1) is 22.2. The fraction of sp³-hybridized carbons (Fsp3) is 0.480. The van der Waals surface area contributed by atoms with Gasteiger partial charge < -0.3 is 9.47 Å². The molecule has 3 aliphatic heterocycles. The Hall–Kier alpha value is -2.58. The van der Waals surface area contributed by atoms with Gasteiger partial charge in [0.2, 0.25) is 6.10 Å². The molecule has 0 aliphatic carbocycles. The van der Waals surface area contributed by atoms with Gasteiger partial charge in [0.1, 0.15) is 5.78 Å². The van der Waals surface area contributed by atoms with Crippen molar-refractivity contribution in [1.82, 2.24) is 4.90 Å². The molecule has 8 heteroatoms. The number of piperazine rings is 1. The number of ketones is 1. The van der Waals surface area contributed by atoms with Crippen LogP contribution in [0.4, 0.5) is 0 Å². The molecule has 0 N–H and O–H groups in total. The molecule has 33 heavy (non-hydrogen) atoms. The Labute approximate surface area is 198 Å². The van der Waals surface area contributed by atoms with Gasteiger partial charge in [-0.1, -0.05) is 22.9 Å². The average Bonchev–Trinajstić information content (AvgIpc) is 3.48. The molecule has 1 saturated heterocycles. The monoisotopic (exact) mass is 468 g/mol. The quantitative estimate of drug-likeness (QED) is 0.455. The number of thioether (sulfide) groups is 1. The van der Waals surface area contributed by atoms with Gasteiger partial charge in [-0.05, 0) is 24.6 Å². The van der Waals surface area contributed by atoms with Crippen LogP contribution in [0.25, 0.3) is 0 Å². The largest absolute Gasteiger partial charge is 0.471 e. The molecule has 1 fully saturated rings. The number of carbonyl (C=O) groups is 2. The summed E-state index contributed by atoms with van der Waals surface area (Å²) in [6, 6.07) is 12.2. The molecule has 7 nitrogen and oxygen atoms in total. The SMILES string of the molecule is CCOC(=O)C1Cc2c(ccc[n+]2N2CCN(CCC(=O)C3CSc4ccccc43)CC2)O1. The van der Waals surface area contributed by atoms with E-state index in [0.717, 1.165) is 49.9 Å². The highest BCUT2D eigenvalue weighted by Gasteiger charge is 2.39. The van der Waals surface area contributed by atoms with Crippen LogP contribution in [0.15, 0.2) is 47.5 Å². The average molecular weight is 469 g/mol. The number of fused-ring (bicyclic) bond motifs is 2. The number of benzene rings is 1. The second-order valence-corrected chi connectivity index (χ2v) is 9.70.